The fraction of sp³-hybridized carbons (Fsp3) is 0.192. The van der Waals surface area contributed by atoms with Crippen molar-refractivity contribution >= 4 is 17.4 Å². The number of ketones is 1. The van der Waals surface area contributed by atoms with Crippen LogP contribution in [0.25, 0.3) is 5.76 Å². The van der Waals surface area contributed by atoms with Crippen molar-refractivity contribution in [2.75, 3.05) is 21.3 Å². The average molecular weight is 460 g/mol. The Morgan fingerprint density at radius 3 is 2.32 bits per heavy atom. The van der Waals surface area contributed by atoms with Crippen molar-refractivity contribution in [3.8, 4) is 17.2 Å². The van der Waals surface area contributed by atoms with Gasteiger partial charge >= 0.3 is 0 Å². The van der Waals surface area contributed by atoms with Crippen LogP contribution in [0.2, 0.25) is 0 Å². The molecule has 2 heterocycles. The number of aliphatic hydroxyl groups is 1. The molecule has 1 aliphatic heterocycles. The van der Waals surface area contributed by atoms with Gasteiger partial charge in [0.2, 0.25) is 0 Å². The number of ether oxygens (including phenoxy) is 3. The molecule has 1 N–H and O–H groups in total. The Balaban J connectivity index is 1.95. The standard InChI is InChI=1S/C26H24N2O6/c1-32-17-8-9-21(34-3)19(14-17)24(29)22-23(18-6-4-5-7-20(18)33-2)28(26(31)25(22)30)15-16-10-12-27-13-11-16/h4-14,23,29H,15H2,1-3H3/b24-22+. The Labute approximate surface area is 197 Å². The molecule has 1 fully saturated rings. The van der Waals surface area contributed by atoms with Crippen LogP contribution in [-0.4, -0.2) is 48.0 Å². The van der Waals surface area contributed by atoms with Crippen molar-refractivity contribution in [1.29, 1.82) is 0 Å². The number of hydrogen-bond acceptors (Lipinski definition) is 7. The van der Waals surface area contributed by atoms with E-state index in [9.17, 15) is 14.7 Å². The summed E-state index contributed by atoms with van der Waals surface area (Å²) in [6.45, 7) is 0.141. The van der Waals surface area contributed by atoms with Crippen LogP contribution in [0.5, 0.6) is 17.2 Å². The Morgan fingerprint density at radius 1 is 0.941 bits per heavy atom. The molecule has 2 aromatic carbocycles. The molecule has 0 bridgehead atoms. The van der Waals surface area contributed by atoms with Crippen LogP contribution in [0.1, 0.15) is 22.7 Å². The quantitative estimate of drug-likeness (QED) is 0.326. The molecular weight excluding hydrogens is 436 g/mol. The van der Waals surface area contributed by atoms with E-state index in [1.165, 1.54) is 26.2 Å². The van der Waals surface area contributed by atoms with Gasteiger partial charge in [-0.25, -0.2) is 0 Å². The van der Waals surface area contributed by atoms with Gasteiger partial charge in [0.25, 0.3) is 11.7 Å². The lowest BCUT2D eigenvalue weighted by Crippen LogP contribution is -2.29. The molecule has 1 unspecified atom stereocenters. The van der Waals surface area contributed by atoms with Crippen LogP contribution in [0.3, 0.4) is 0 Å². The first kappa shape index (κ1) is 22.8. The Kier molecular flexibility index (Phi) is 6.49. The van der Waals surface area contributed by atoms with E-state index in [4.69, 9.17) is 14.2 Å². The van der Waals surface area contributed by atoms with Crippen molar-refractivity contribution < 1.29 is 28.9 Å². The molecule has 4 rings (SSSR count). The number of aliphatic hydroxyl groups excluding tert-OH is 1. The lowest BCUT2D eigenvalue weighted by molar-refractivity contribution is -0.140. The molecule has 1 atom stereocenters. The summed E-state index contributed by atoms with van der Waals surface area (Å²) in [7, 11) is 4.46. The molecule has 1 amide bonds. The largest absolute Gasteiger partial charge is 0.507 e. The Morgan fingerprint density at radius 2 is 1.65 bits per heavy atom. The first-order chi connectivity index (χ1) is 16.5. The van der Waals surface area contributed by atoms with Crippen LogP contribution in [-0.2, 0) is 16.1 Å². The van der Waals surface area contributed by atoms with Crippen LogP contribution in [0.15, 0.2) is 72.6 Å². The molecule has 8 heteroatoms. The third kappa shape index (κ3) is 4.05. The summed E-state index contributed by atoms with van der Waals surface area (Å²) < 4.78 is 16.2. The molecule has 0 saturated carbocycles. The molecule has 1 aliphatic rings. The average Bonchev–Trinajstić information content (AvgIpc) is 3.13. The molecule has 174 valence electrons. The number of benzene rings is 2. The number of methoxy groups -OCH3 is 3. The van der Waals surface area contributed by atoms with Crippen molar-refractivity contribution in [2.24, 2.45) is 0 Å². The second kappa shape index (κ2) is 9.66. The summed E-state index contributed by atoms with van der Waals surface area (Å²) in [5, 5.41) is 11.4. The fourth-order valence-electron chi connectivity index (χ4n) is 4.09. The third-order valence-electron chi connectivity index (χ3n) is 5.74. The zero-order valence-electron chi connectivity index (χ0n) is 19.0. The van der Waals surface area contributed by atoms with Crippen LogP contribution < -0.4 is 14.2 Å². The Bertz CT molecular complexity index is 1260. The predicted molar refractivity (Wildman–Crippen MR) is 125 cm³/mol. The van der Waals surface area contributed by atoms with Gasteiger partial charge in [0.15, 0.2) is 0 Å². The smallest absolute Gasteiger partial charge is 0.295 e. The van der Waals surface area contributed by atoms with E-state index in [1.807, 2.05) is 0 Å². The molecule has 1 aromatic heterocycles. The van der Waals surface area contributed by atoms with Crippen LogP contribution >= 0.6 is 0 Å². The monoisotopic (exact) mass is 460 g/mol. The summed E-state index contributed by atoms with van der Waals surface area (Å²) in [5.74, 6) is -0.608. The number of carbonyl (C=O) groups is 2. The maximum absolute atomic E-state index is 13.3. The lowest BCUT2D eigenvalue weighted by Gasteiger charge is -2.26. The summed E-state index contributed by atoms with van der Waals surface area (Å²) >= 11 is 0. The summed E-state index contributed by atoms with van der Waals surface area (Å²) in [6.07, 6.45) is 3.23. The molecule has 0 radical (unpaired) electrons. The number of rotatable bonds is 7. The van der Waals surface area contributed by atoms with E-state index >= 15 is 0 Å². The number of aromatic nitrogens is 1. The van der Waals surface area contributed by atoms with Gasteiger partial charge in [-0.3, -0.25) is 14.6 Å². The van der Waals surface area contributed by atoms with E-state index in [0.717, 1.165) is 5.56 Å². The van der Waals surface area contributed by atoms with E-state index in [1.54, 1.807) is 67.0 Å². The minimum atomic E-state index is -0.889. The zero-order chi connectivity index (χ0) is 24.2. The molecule has 34 heavy (non-hydrogen) atoms. The highest BCUT2D eigenvalue weighted by Gasteiger charge is 2.47. The third-order valence-corrected chi connectivity index (χ3v) is 5.74. The fourth-order valence-corrected chi connectivity index (χ4v) is 4.09. The Hall–Kier alpha value is -4.33. The van der Waals surface area contributed by atoms with Gasteiger partial charge in [-0.05, 0) is 42.0 Å². The van der Waals surface area contributed by atoms with Crippen molar-refractivity contribution in [2.45, 2.75) is 12.6 Å². The van der Waals surface area contributed by atoms with Gasteiger partial charge in [0.1, 0.15) is 23.0 Å². The van der Waals surface area contributed by atoms with Gasteiger partial charge in [-0.1, -0.05) is 18.2 Å². The molecule has 8 nitrogen and oxygen atoms in total. The second-order valence-corrected chi connectivity index (χ2v) is 7.59. The highest BCUT2D eigenvalue weighted by atomic mass is 16.5. The summed E-state index contributed by atoms with van der Waals surface area (Å²) in [6, 6.07) is 14.6. The maximum atomic E-state index is 13.3. The normalized spacial score (nSPS) is 17.0. The molecule has 0 spiro atoms. The number of amides is 1. The van der Waals surface area contributed by atoms with Crippen molar-refractivity contribution in [3.63, 3.8) is 0 Å². The predicted octanol–water partition coefficient (Wildman–Crippen LogP) is 3.73. The van der Waals surface area contributed by atoms with Gasteiger partial charge in [-0.15, -0.1) is 0 Å². The van der Waals surface area contributed by atoms with Gasteiger partial charge in [0, 0.05) is 24.5 Å². The topological polar surface area (TPSA) is 98.2 Å². The number of pyridine rings is 1. The van der Waals surface area contributed by atoms with Crippen molar-refractivity contribution in [3.05, 3.63) is 89.3 Å². The SMILES string of the molecule is COc1ccc(OC)c(/C(O)=C2\C(=O)C(=O)N(Cc3ccncc3)C2c2ccccc2OC)c1. The first-order valence-corrected chi connectivity index (χ1v) is 10.5. The highest BCUT2D eigenvalue weighted by Crippen LogP contribution is 2.44. The number of para-hydroxylation sites is 1. The minimum Gasteiger partial charge on any atom is -0.507 e. The molecule has 3 aromatic rings. The summed E-state index contributed by atoms with van der Waals surface area (Å²) in [5.41, 5.74) is 1.54. The molecular formula is C26H24N2O6. The molecule has 1 saturated heterocycles. The minimum absolute atomic E-state index is 0.0601. The van der Waals surface area contributed by atoms with Gasteiger partial charge < -0.3 is 24.2 Å². The maximum Gasteiger partial charge on any atom is 0.295 e. The second-order valence-electron chi connectivity index (χ2n) is 7.59. The van der Waals surface area contributed by atoms with Gasteiger partial charge in [0.05, 0.1) is 38.5 Å². The van der Waals surface area contributed by atoms with Crippen LogP contribution in [0, 0.1) is 0 Å². The summed E-state index contributed by atoms with van der Waals surface area (Å²) in [4.78, 5) is 32.0. The first-order valence-electron chi connectivity index (χ1n) is 10.5. The van der Waals surface area contributed by atoms with Crippen LogP contribution in [0.4, 0.5) is 0 Å². The zero-order valence-corrected chi connectivity index (χ0v) is 19.0. The van der Waals surface area contributed by atoms with E-state index in [2.05, 4.69) is 4.98 Å². The number of hydrogen-bond donors (Lipinski definition) is 1. The van der Waals surface area contributed by atoms with Crippen molar-refractivity contribution in [1.82, 2.24) is 9.88 Å². The molecule has 0 aliphatic carbocycles. The number of Topliss-reactive ketones (excluding diaryl/α,β-unsaturated/α-hetero) is 1. The van der Waals surface area contributed by atoms with E-state index in [-0.39, 0.29) is 23.4 Å². The lowest BCUT2D eigenvalue weighted by atomic mass is 9.94. The highest BCUT2D eigenvalue weighted by molar-refractivity contribution is 6.46. The number of likely N-dealkylation sites (tertiary alicyclic amines) is 1. The number of nitrogens with zero attached hydrogens (tertiary/aromatic N) is 2. The van der Waals surface area contributed by atoms with E-state index < -0.39 is 17.7 Å². The van der Waals surface area contributed by atoms with E-state index in [0.29, 0.717) is 22.8 Å². The number of carbonyl (C=O) groups excluding carboxylic acids is 2. The van der Waals surface area contributed by atoms with Gasteiger partial charge in [-0.2, -0.15) is 0 Å².